The maximum atomic E-state index is 4.40. The maximum absolute atomic E-state index is 4.40. The van der Waals surface area contributed by atoms with Crippen molar-refractivity contribution in [1.29, 1.82) is 0 Å². The second-order valence-corrected chi connectivity index (χ2v) is 5.43. The molecule has 0 N–H and O–H groups in total. The molecular weight excluding hydrogens is 332 g/mol. The van der Waals surface area contributed by atoms with Gasteiger partial charge in [-0.25, -0.2) is 4.68 Å². The Hall–Kier alpha value is -2.28. The molecule has 3 rings (SSSR count). The Balaban J connectivity index is 1.97. The summed E-state index contributed by atoms with van der Waals surface area (Å²) in [4.78, 5) is 0. The van der Waals surface area contributed by atoms with Crippen LogP contribution in [0.1, 0.15) is 17.0 Å². The normalized spacial score (nSPS) is 11.4. The van der Waals surface area contributed by atoms with Crippen LogP contribution in [0.5, 0.6) is 0 Å². The standard InChI is InChI=1S/C14H13BrN6/c1-10-7-11(2)21(19-10)14-18-16-9-20(14)17-8-12-5-3-4-6-13(12)15/h3-9H,1-2H3/b17-8-. The zero-order valence-corrected chi connectivity index (χ0v) is 13.2. The van der Waals surface area contributed by atoms with Gasteiger partial charge in [-0.2, -0.15) is 14.9 Å². The topological polar surface area (TPSA) is 60.9 Å². The van der Waals surface area contributed by atoms with Crippen LogP contribution in [0.15, 0.2) is 46.2 Å². The lowest BCUT2D eigenvalue weighted by molar-refractivity contribution is 0.717. The van der Waals surface area contributed by atoms with E-state index in [0.717, 1.165) is 21.4 Å². The molecule has 3 aromatic rings. The molecule has 0 radical (unpaired) electrons. The van der Waals surface area contributed by atoms with Gasteiger partial charge in [-0.1, -0.05) is 34.1 Å². The number of halogens is 1. The van der Waals surface area contributed by atoms with Crippen LogP contribution in [0.4, 0.5) is 0 Å². The van der Waals surface area contributed by atoms with Gasteiger partial charge in [0, 0.05) is 15.7 Å². The van der Waals surface area contributed by atoms with Crippen LogP contribution < -0.4 is 0 Å². The molecule has 0 aliphatic heterocycles. The molecule has 7 heteroatoms. The molecule has 2 heterocycles. The first-order valence-electron chi connectivity index (χ1n) is 6.37. The second kappa shape index (κ2) is 5.61. The van der Waals surface area contributed by atoms with Crippen molar-refractivity contribution in [1.82, 2.24) is 24.7 Å². The molecule has 0 saturated carbocycles. The van der Waals surface area contributed by atoms with Gasteiger partial charge < -0.3 is 0 Å². The Labute approximate surface area is 130 Å². The van der Waals surface area contributed by atoms with Crippen LogP contribution in [-0.2, 0) is 0 Å². The third-order valence-electron chi connectivity index (χ3n) is 2.94. The molecule has 0 fully saturated rings. The second-order valence-electron chi connectivity index (χ2n) is 4.58. The molecule has 2 aromatic heterocycles. The number of aryl methyl sites for hydroxylation is 2. The molecule has 0 bridgehead atoms. The first kappa shape index (κ1) is 13.7. The molecule has 1 aromatic carbocycles. The summed E-state index contributed by atoms with van der Waals surface area (Å²) in [6.07, 6.45) is 3.31. The molecule has 0 amide bonds. The predicted molar refractivity (Wildman–Crippen MR) is 83.8 cm³/mol. The lowest BCUT2D eigenvalue weighted by Crippen LogP contribution is -2.06. The summed E-state index contributed by atoms with van der Waals surface area (Å²) in [5.41, 5.74) is 2.89. The van der Waals surface area contributed by atoms with Crippen LogP contribution in [0, 0.1) is 13.8 Å². The van der Waals surface area contributed by atoms with Gasteiger partial charge in [0.2, 0.25) is 0 Å². The quantitative estimate of drug-likeness (QED) is 0.686. The van der Waals surface area contributed by atoms with Gasteiger partial charge in [-0.05, 0) is 26.0 Å². The minimum Gasteiger partial charge on any atom is -0.202 e. The molecule has 0 atom stereocenters. The van der Waals surface area contributed by atoms with Gasteiger partial charge in [0.1, 0.15) is 6.33 Å². The lowest BCUT2D eigenvalue weighted by atomic mass is 10.2. The first-order valence-corrected chi connectivity index (χ1v) is 7.17. The van der Waals surface area contributed by atoms with Crippen LogP contribution in [-0.4, -0.2) is 30.9 Å². The first-order chi connectivity index (χ1) is 10.1. The highest BCUT2D eigenvalue weighted by atomic mass is 79.9. The van der Waals surface area contributed by atoms with E-state index in [9.17, 15) is 0 Å². The summed E-state index contributed by atoms with van der Waals surface area (Å²) in [6.45, 7) is 3.91. The minimum absolute atomic E-state index is 0.559. The number of hydrogen-bond donors (Lipinski definition) is 0. The molecule has 0 unspecified atom stereocenters. The van der Waals surface area contributed by atoms with Crippen LogP contribution in [0.3, 0.4) is 0 Å². The minimum atomic E-state index is 0.559. The Morgan fingerprint density at radius 1 is 1.24 bits per heavy atom. The van der Waals surface area contributed by atoms with E-state index < -0.39 is 0 Å². The number of hydrogen-bond acceptors (Lipinski definition) is 4. The number of benzene rings is 1. The third kappa shape index (κ3) is 2.78. The summed E-state index contributed by atoms with van der Waals surface area (Å²) in [5.74, 6) is 0.559. The van der Waals surface area contributed by atoms with Crippen LogP contribution in [0.25, 0.3) is 5.95 Å². The molecule has 6 nitrogen and oxygen atoms in total. The van der Waals surface area contributed by atoms with E-state index in [0.29, 0.717) is 5.95 Å². The maximum Gasteiger partial charge on any atom is 0.273 e. The summed E-state index contributed by atoms with van der Waals surface area (Å²) in [7, 11) is 0. The van der Waals surface area contributed by atoms with Crippen LogP contribution >= 0.6 is 15.9 Å². The Kier molecular flexibility index (Phi) is 3.66. The van der Waals surface area contributed by atoms with Crippen molar-refractivity contribution in [3.63, 3.8) is 0 Å². The summed E-state index contributed by atoms with van der Waals surface area (Å²) in [5, 5.41) is 16.8. The SMILES string of the molecule is Cc1cc(C)n(-c2nncn2/N=C\c2ccccc2Br)n1. The molecule has 0 aliphatic carbocycles. The number of aromatic nitrogens is 5. The number of rotatable bonds is 3. The average molecular weight is 345 g/mol. The van der Waals surface area contributed by atoms with Crippen molar-refractivity contribution in [2.24, 2.45) is 5.10 Å². The molecule has 0 aliphatic rings. The van der Waals surface area contributed by atoms with Crippen molar-refractivity contribution >= 4 is 22.1 Å². The molecule has 0 saturated heterocycles. The van der Waals surface area contributed by atoms with Crippen molar-refractivity contribution in [3.8, 4) is 5.95 Å². The Morgan fingerprint density at radius 2 is 2.05 bits per heavy atom. The fourth-order valence-electron chi connectivity index (χ4n) is 1.98. The van der Waals surface area contributed by atoms with Gasteiger partial charge in [0.15, 0.2) is 0 Å². The van der Waals surface area contributed by atoms with Gasteiger partial charge >= 0.3 is 0 Å². The molecule has 0 spiro atoms. The van der Waals surface area contributed by atoms with E-state index in [2.05, 4.69) is 36.3 Å². The van der Waals surface area contributed by atoms with E-state index in [-0.39, 0.29) is 0 Å². The Morgan fingerprint density at radius 3 is 2.76 bits per heavy atom. The third-order valence-corrected chi connectivity index (χ3v) is 3.66. The van der Waals surface area contributed by atoms with Gasteiger partial charge in [-0.15, -0.1) is 10.2 Å². The fraction of sp³-hybridized carbons (Fsp3) is 0.143. The average Bonchev–Trinajstić information content (AvgIpc) is 3.04. The summed E-state index contributed by atoms with van der Waals surface area (Å²) < 4.78 is 4.30. The molecule has 21 heavy (non-hydrogen) atoms. The highest BCUT2D eigenvalue weighted by Gasteiger charge is 2.10. The molecule has 106 valence electrons. The van der Waals surface area contributed by atoms with Crippen molar-refractivity contribution in [2.75, 3.05) is 0 Å². The van der Waals surface area contributed by atoms with Crippen molar-refractivity contribution in [3.05, 3.63) is 58.1 Å². The molecular formula is C14H13BrN6. The largest absolute Gasteiger partial charge is 0.273 e. The monoisotopic (exact) mass is 344 g/mol. The summed E-state index contributed by atoms with van der Waals surface area (Å²) >= 11 is 3.49. The van der Waals surface area contributed by atoms with E-state index in [1.807, 2.05) is 44.2 Å². The smallest absolute Gasteiger partial charge is 0.202 e. The zero-order valence-electron chi connectivity index (χ0n) is 11.6. The van der Waals surface area contributed by atoms with Crippen LogP contribution in [0.2, 0.25) is 0 Å². The van der Waals surface area contributed by atoms with E-state index >= 15 is 0 Å². The fourth-order valence-corrected chi connectivity index (χ4v) is 2.37. The van der Waals surface area contributed by atoms with Crippen molar-refractivity contribution < 1.29 is 0 Å². The zero-order chi connectivity index (χ0) is 14.8. The highest BCUT2D eigenvalue weighted by Crippen LogP contribution is 2.14. The predicted octanol–water partition coefficient (Wildman–Crippen LogP) is 2.73. The summed E-state index contributed by atoms with van der Waals surface area (Å²) in [6, 6.07) is 9.84. The van der Waals surface area contributed by atoms with Crippen molar-refractivity contribution in [2.45, 2.75) is 13.8 Å². The van der Waals surface area contributed by atoms with Gasteiger partial charge in [0.05, 0.1) is 11.9 Å². The Bertz CT molecular complexity index is 801. The van der Waals surface area contributed by atoms with Gasteiger partial charge in [-0.3, -0.25) is 0 Å². The highest BCUT2D eigenvalue weighted by molar-refractivity contribution is 9.10. The number of nitrogens with zero attached hydrogens (tertiary/aromatic N) is 6. The van der Waals surface area contributed by atoms with E-state index in [4.69, 9.17) is 0 Å². The van der Waals surface area contributed by atoms with E-state index in [1.54, 1.807) is 21.9 Å². The van der Waals surface area contributed by atoms with Gasteiger partial charge in [0.25, 0.3) is 5.95 Å². The van der Waals surface area contributed by atoms with E-state index in [1.165, 1.54) is 0 Å². The lowest BCUT2D eigenvalue weighted by Gasteiger charge is -2.02.